The summed E-state index contributed by atoms with van der Waals surface area (Å²) in [4.78, 5) is 98.5. The molecule has 3 atom stereocenters. The van der Waals surface area contributed by atoms with Crippen molar-refractivity contribution in [2.24, 2.45) is 5.73 Å². The van der Waals surface area contributed by atoms with Crippen LogP contribution in [0.4, 0.5) is 10.5 Å². The first kappa shape index (κ1) is 42.0. The lowest BCUT2D eigenvalue weighted by Crippen LogP contribution is -2.65. The molecule has 17 nitrogen and oxygen atoms in total. The summed E-state index contributed by atoms with van der Waals surface area (Å²) in [6, 6.07) is 12.5. The van der Waals surface area contributed by atoms with Crippen LogP contribution in [0.3, 0.4) is 0 Å². The van der Waals surface area contributed by atoms with Gasteiger partial charge in [0, 0.05) is 29.2 Å². The number of aromatic amines is 1. The third-order valence-electron chi connectivity index (χ3n) is 7.53. The van der Waals surface area contributed by atoms with Crippen molar-refractivity contribution in [3.8, 4) is 0 Å². The lowest BCUT2D eigenvalue weighted by molar-refractivity contribution is -0.143. The summed E-state index contributed by atoms with van der Waals surface area (Å²) in [6.07, 6.45) is 1.14. The molecule has 0 bridgehead atoms. The Morgan fingerprint density at radius 2 is 1.60 bits per heavy atom. The molecule has 9 N–H and O–H groups in total. The van der Waals surface area contributed by atoms with Gasteiger partial charge in [0.15, 0.2) is 11.3 Å². The molecule has 1 aromatic heterocycles. The number of thioether (sulfide) groups is 1. The van der Waals surface area contributed by atoms with Crippen LogP contribution in [0.5, 0.6) is 0 Å². The molecule has 5 amide bonds. The fourth-order valence-electron chi connectivity index (χ4n) is 4.94. The van der Waals surface area contributed by atoms with Gasteiger partial charge in [0.05, 0.1) is 13.0 Å². The van der Waals surface area contributed by atoms with Gasteiger partial charge >= 0.3 is 12.1 Å². The number of fused-ring (bicyclic) bond motifs is 1. The molecule has 2 aromatic carbocycles. The Hall–Kier alpha value is -5.46. The van der Waals surface area contributed by atoms with Gasteiger partial charge in [-0.05, 0) is 63.0 Å². The van der Waals surface area contributed by atoms with Gasteiger partial charge in [-0.25, -0.2) is 4.79 Å². The number of carboxylic acids is 1. The van der Waals surface area contributed by atoms with Crippen molar-refractivity contribution in [2.45, 2.75) is 63.3 Å². The molecule has 0 aliphatic heterocycles. The van der Waals surface area contributed by atoms with Crippen molar-refractivity contribution in [1.82, 2.24) is 26.4 Å². The van der Waals surface area contributed by atoms with E-state index in [1.54, 1.807) is 87.8 Å². The fourth-order valence-corrected chi connectivity index (χ4v) is 5.41. The standard InChI is InChI=1S/C35H45N7O10S/c1-34(2,3)52-33(50)42-51-20-27(43)35(36,17-21-18-37-24-13-9-8-12-23(21)24)32(49)41-25(14-15-53-4)31(48)40-26(16-29(45)46)30(47)38-19-28(44)39-22-10-6-5-7-11-22/h5-13,18,25-26,37H,14-17,19-20,36H2,1-4H3,(H,38,47)(H,39,44)(H,40,48)(H,41,49)(H,42,50)(H,45,46)/t25-,26-,35+/m0/s1. The lowest BCUT2D eigenvalue weighted by Gasteiger charge is -2.30. The molecule has 286 valence electrons. The van der Waals surface area contributed by atoms with Gasteiger partial charge in [0.1, 0.15) is 24.3 Å². The number of hydroxylamine groups is 1. The topological polar surface area (TPSA) is 260 Å². The Morgan fingerprint density at radius 1 is 0.925 bits per heavy atom. The van der Waals surface area contributed by atoms with E-state index in [2.05, 4.69) is 26.3 Å². The number of carbonyl (C=O) groups excluding carboxylic acids is 6. The molecular weight excluding hydrogens is 710 g/mol. The number of carbonyl (C=O) groups is 7. The zero-order chi connectivity index (χ0) is 39.2. The predicted molar refractivity (Wildman–Crippen MR) is 196 cm³/mol. The minimum atomic E-state index is -2.36. The van der Waals surface area contributed by atoms with Crippen LogP contribution in [-0.2, 0) is 44.8 Å². The summed E-state index contributed by atoms with van der Waals surface area (Å²) >= 11 is 1.34. The number of ketones is 1. The predicted octanol–water partition coefficient (Wildman–Crippen LogP) is 1.39. The van der Waals surface area contributed by atoms with Gasteiger partial charge in [0.2, 0.25) is 23.6 Å². The Bertz CT molecular complexity index is 1780. The number of carboxylic acid groups (broad SMARTS) is 1. The third kappa shape index (κ3) is 13.2. The number of hydrogen-bond acceptors (Lipinski definition) is 11. The van der Waals surface area contributed by atoms with Gasteiger partial charge < -0.3 is 41.8 Å². The highest BCUT2D eigenvalue weighted by atomic mass is 32.2. The summed E-state index contributed by atoms with van der Waals surface area (Å²) < 4.78 is 5.09. The monoisotopic (exact) mass is 755 g/mol. The number of amides is 5. The van der Waals surface area contributed by atoms with E-state index < -0.39 is 84.3 Å². The van der Waals surface area contributed by atoms with E-state index in [0.717, 1.165) is 0 Å². The Balaban J connectivity index is 1.80. The highest BCUT2D eigenvalue weighted by molar-refractivity contribution is 7.98. The maximum absolute atomic E-state index is 14.0. The Morgan fingerprint density at radius 3 is 2.26 bits per heavy atom. The van der Waals surface area contributed by atoms with Crippen LogP contribution < -0.4 is 32.5 Å². The third-order valence-corrected chi connectivity index (χ3v) is 8.17. The molecule has 0 fully saturated rings. The first-order chi connectivity index (χ1) is 25.0. The smallest absolute Gasteiger partial charge is 0.431 e. The minimum Gasteiger partial charge on any atom is -0.481 e. The zero-order valence-electron chi connectivity index (χ0n) is 29.8. The molecule has 0 aliphatic rings. The number of hydrogen-bond donors (Lipinski definition) is 8. The number of H-pyrrole nitrogens is 1. The quantitative estimate of drug-likeness (QED) is 0.0638. The van der Waals surface area contributed by atoms with Crippen molar-refractivity contribution in [1.29, 1.82) is 0 Å². The molecule has 0 unspecified atom stereocenters. The molecule has 3 aromatic rings. The number of aliphatic carboxylic acids is 1. The summed E-state index contributed by atoms with van der Waals surface area (Å²) in [5, 5.41) is 19.9. The maximum Gasteiger partial charge on any atom is 0.431 e. The van der Waals surface area contributed by atoms with E-state index in [1.807, 2.05) is 5.48 Å². The second kappa shape index (κ2) is 19.4. The average Bonchev–Trinajstić information content (AvgIpc) is 3.50. The molecule has 0 aliphatic carbocycles. The minimum absolute atomic E-state index is 0.00626. The Kier molecular flexibility index (Phi) is 15.4. The highest BCUT2D eigenvalue weighted by Crippen LogP contribution is 2.23. The van der Waals surface area contributed by atoms with E-state index in [4.69, 9.17) is 15.3 Å². The number of benzene rings is 2. The van der Waals surface area contributed by atoms with E-state index in [9.17, 15) is 38.7 Å². The molecule has 53 heavy (non-hydrogen) atoms. The number of para-hydroxylation sites is 2. The summed E-state index contributed by atoms with van der Waals surface area (Å²) in [6.45, 7) is 3.49. The van der Waals surface area contributed by atoms with Crippen molar-refractivity contribution in [3.05, 3.63) is 66.4 Å². The molecule has 0 saturated carbocycles. The number of rotatable bonds is 19. The van der Waals surface area contributed by atoms with E-state index in [-0.39, 0.29) is 12.8 Å². The second-order valence-corrected chi connectivity index (χ2v) is 13.9. The number of nitrogens with one attached hydrogen (secondary N) is 6. The first-order valence-corrected chi connectivity index (χ1v) is 17.8. The molecule has 3 rings (SSSR count). The summed E-state index contributed by atoms with van der Waals surface area (Å²) in [7, 11) is 0. The van der Waals surface area contributed by atoms with Crippen molar-refractivity contribution in [2.75, 3.05) is 30.5 Å². The number of ether oxygens (including phenoxy) is 1. The van der Waals surface area contributed by atoms with Gasteiger partial charge in [-0.15, -0.1) is 0 Å². The van der Waals surface area contributed by atoms with Crippen LogP contribution in [0.1, 0.15) is 39.2 Å². The van der Waals surface area contributed by atoms with Crippen LogP contribution in [0.25, 0.3) is 10.9 Å². The normalized spacial score (nSPS) is 13.5. The SMILES string of the molecule is CSCC[C@H](NC(=O)[C@@](N)(Cc1c[nH]c2ccccc12)C(=O)CONC(=O)OC(C)(C)C)C(=O)N[C@@H](CC(=O)O)C(=O)NCC(=O)Nc1ccccc1. The van der Waals surface area contributed by atoms with Crippen molar-refractivity contribution in [3.63, 3.8) is 0 Å². The van der Waals surface area contributed by atoms with Crippen molar-refractivity contribution < 1.29 is 48.2 Å². The molecule has 0 saturated heterocycles. The maximum atomic E-state index is 14.0. The fraction of sp³-hybridized carbons (Fsp3) is 0.400. The molecule has 0 radical (unpaired) electrons. The van der Waals surface area contributed by atoms with Gasteiger partial charge in [-0.3, -0.25) is 33.6 Å². The van der Waals surface area contributed by atoms with Crippen LogP contribution in [0, 0.1) is 0 Å². The highest BCUT2D eigenvalue weighted by Gasteiger charge is 2.44. The number of Topliss-reactive ketones (excluding diaryl/α,β-unsaturated/α-hetero) is 1. The average molecular weight is 756 g/mol. The summed E-state index contributed by atoms with van der Waals surface area (Å²) in [5.41, 5.74) is 7.01. The number of aromatic nitrogens is 1. The molecule has 1 heterocycles. The van der Waals surface area contributed by atoms with Gasteiger partial charge in [-0.2, -0.15) is 17.2 Å². The number of anilines is 1. The van der Waals surface area contributed by atoms with Crippen LogP contribution in [0.2, 0.25) is 0 Å². The van der Waals surface area contributed by atoms with Crippen LogP contribution >= 0.6 is 11.8 Å². The summed E-state index contributed by atoms with van der Waals surface area (Å²) in [5.74, 6) is -5.63. The number of nitrogens with two attached hydrogens (primary N) is 1. The molecule has 18 heteroatoms. The second-order valence-electron chi connectivity index (χ2n) is 12.9. The van der Waals surface area contributed by atoms with Crippen LogP contribution in [-0.4, -0.2) is 99.9 Å². The van der Waals surface area contributed by atoms with E-state index >= 15 is 0 Å². The van der Waals surface area contributed by atoms with Crippen molar-refractivity contribution >= 4 is 69.8 Å². The van der Waals surface area contributed by atoms with E-state index in [1.165, 1.54) is 11.8 Å². The first-order valence-electron chi connectivity index (χ1n) is 16.4. The lowest BCUT2D eigenvalue weighted by atomic mass is 9.86. The van der Waals surface area contributed by atoms with Gasteiger partial charge in [-0.1, -0.05) is 36.4 Å². The molecule has 0 spiro atoms. The molecular formula is C35H45N7O10S. The largest absolute Gasteiger partial charge is 0.481 e. The zero-order valence-corrected chi connectivity index (χ0v) is 30.6. The van der Waals surface area contributed by atoms with Crippen LogP contribution in [0.15, 0.2) is 60.8 Å². The van der Waals surface area contributed by atoms with Gasteiger partial charge in [0.25, 0.3) is 0 Å². The Labute approximate surface area is 309 Å². The van der Waals surface area contributed by atoms with E-state index in [0.29, 0.717) is 27.9 Å².